The average molecular weight is 466 g/mol. The maximum absolute atomic E-state index is 12.2. The van der Waals surface area contributed by atoms with Crippen molar-refractivity contribution in [3.63, 3.8) is 0 Å². The molecule has 1 heterocycles. The Labute approximate surface area is 150 Å². The number of sulfone groups is 1. The standard InChI is InChI=1S/C13H11IN2O5S2/c1-7(17)21-10-4-3-8(5-9(10)14)12(18)16-13-15-6-11(22-13)23(2,19)20/h3-6H,1-2H3,(H,15,16,18). The summed E-state index contributed by atoms with van der Waals surface area (Å²) >= 11 is 2.83. The Morgan fingerprint density at radius 2 is 2.04 bits per heavy atom. The molecule has 7 nitrogen and oxygen atoms in total. The minimum Gasteiger partial charge on any atom is -0.426 e. The van der Waals surface area contributed by atoms with Crippen LogP contribution in [0.5, 0.6) is 5.75 Å². The number of hydrogen-bond donors (Lipinski definition) is 1. The van der Waals surface area contributed by atoms with Crippen molar-refractivity contribution < 1.29 is 22.7 Å². The first-order valence-electron chi connectivity index (χ1n) is 6.12. The number of nitrogens with one attached hydrogen (secondary N) is 1. The molecule has 0 saturated heterocycles. The SMILES string of the molecule is CC(=O)Oc1ccc(C(=O)Nc2ncc(S(C)(=O)=O)s2)cc1I. The molecule has 2 rings (SSSR count). The van der Waals surface area contributed by atoms with Gasteiger partial charge < -0.3 is 4.74 Å². The highest BCUT2D eigenvalue weighted by atomic mass is 127. The molecule has 1 N–H and O–H groups in total. The smallest absolute Gasteiger partial charge is 0.308 e. The molecule has 0 spiro atoms. The Balaban J connectivity index is 2.16. The lowest BCUT2D eigenvalue weighted by atomic mass is 10.2. The maximum Gasteiger partial charge on any atom is 0.308 e. The van der Waals surface area contributed by atoms with Gasteiger partial charge in [-0.25, -0.2) is 13.4 Å². The Bertz CT molecular complexity index is 876. The summed E-state index contributed by atoms with van der Waals surface area (Å²) in [5.41, 5.74) is 0.335. The van der Waals surface area contributed by atoms with E-state index in [2.05, 4.69) is 10.3 Å². The Morgan fingerprint density at radius 3 is 2.57 bits per heavy atom. The number of amides is 1. The van der Waals surface area contributed by atoms with E-state index < -0.39 is 21.7 Å². The third-order valence-corrected chi connectivity index (χ3v) is 6.06. The number of esters is 1. The molecule has 0 aliphatic rings. The first-order chi connectivity index (χ1) is 10.7. The number of hydrogen-bond acceptors (Lipinski definition) is 7. The third-order valence-electron chi connectivity index (χ3n) is 2.52. The normalized spacial score (nSPS) is 11.1. The fraction of sp³-hybridized carbons (Fsp3) is 0.154. The molecule has 23 heavy (non-hydrogen) atoms. The average Bonchev–Trinajstić information content (AvgIpc) is 2.89. The highest BCUT2D eigenvalue weighted by molar-refractivity contribution is 14.1. The van der Waals surface area contributed by atoms with Crippen LogP contribution in [0.2, 0.25) is 0 Å². The molecule has 10 heteroatoms. The monoisotopic (exact) mass is 466 g/mol. The fourth-order valence-electron chi connectivity index (χ4n) is 1.54. The van der Waals surface area contributed by atoms with Crippen LogP contribution in [-0.2, 0) is 14.6 Å². The van der Waals surface area contributed by atoms with Gasteiger partial charge in [0.05, 0.1) is 9.77 Å². The van der Waals surface area contributed by atoms with Crippen LogP contribution in [0, 0.1) is 3.57 Å². The van der Waals surface area contributed by atoms with Crippen LogP contribution < -0.4 is 10.1 Å². The zero-order valence-electron chi connectivity index (χ0n) is 12.0. The summed E-state index contributed by atoms with van der Waals surface area (Å²) in [5, 5.41) is 2.72. The largest absolute Gasteiger partial charge is 0.426 e. The minimum absolute atomic E-state index is 0.0765. The number of aromatic nitrogens is 1. The molecule has 0 bridgehead atoms. The quantitative estimate of drug-likeness (QED) is 0.422. The van der Waals surface area contributed by atoms with Crippen LogP contribution in [0.25, 0.3) is 0 Å². The van der Waals surface area contributed by atoms with Gasteiger partial charge in [-0.05, 0) is 40.8 Å². The van der Waals surface area contributed by atoms with E-state index in [-0.39, 0.29) is 9.34 Å². The number of ether oxygens (including phenoxy) is 1. The maximum atomic E-state index is 12.2. The fourth-order valence-corrected chi connectivity index (χ4v) is 3.79. The van der Waals surface area contributed by atoms with E-state index in [0.717, 1.165) is 17.6 Å². The number of rotatable bonds is 4. The van der Waals surface area contributed by atoms with Crippen molar-refractivity contribution in [2.75, 3.05) is 11.6 Å². The van der Waals surface area contributed by atoms with E-state index in [9.17, 15) is 18.0 Å². The predicted molar refractivity (Wildman–Crippen MR) is 93.6 cm³/mol. The molecule has 0 atom stereocenters. The zero-order chi connectivity index (χ0) is 17.2. The van der Waals surface area contributed by atoms with Gasteiger partial charge in [0.2, 0.25) is 0 Å². The lowest BCUT2D eigenvalue weighted by Crippen LogP contribution is -2.12. The van der Waals surface area contributed by atoms with E-state index in [0.29, 0.717) is 14.9 Å². The Hall–Kier alpha value is -1.53. The van der Waals surface area contributed by atoms with Crippen LogP contribution in [0.15, 0.2) is 28.6 Å². The molecule has 0 radical (unpaired) electrons. The summed E-state index contributed by atoms with van der Waals surface area (Å²) in [7, 11) is -3.35. The molecular weight excluding hydrogens is 455 g/mol. The molecule has 0 unspecified atom stereocenters. The van der Waals surface area contributed by atoms with Gasteiger partial charge in [-0.1, -0.05) is 11.3 Å². The van der Waals surface area contributed by atoms with Crippen molar-refractivity contribution in [2.24, 2.45) is 0 Å². The van der Waals surface area contributed by atoms with Crippen LogP contribution >= 0.6 is 33.9 Å². The molecule has 2 aromatic rings. The van der Waals surface area contributed by atoms with Crippen molar-refractivity contribution >= 4 is 60.8 Å². The van der Waals surface area contributed by atoms with E-state index in [1.54, 1.807) is 6.07 Å². The number of carbonyl (C=O) groups is 2. The summed E-state index contributed by atoms with van der Waals surface area (Å²) in [6.45, 7) is 1.29. The van der Waals surface area contributed by atoms with Gasteiger partial charge in [0.25, 0.3) is 5.91 Å². The molecule has 0 saturated carbocycles. The second-order valence-corrected chi connectivity index (χ2v) is 8.88. The Morgan fingerprint density at radius 1 is 1.35 bits per heavy atom. The summed E-state index contributed by atoms with van der Waals surface area (Å²) in [6.07, 6.45) is 2.27. The van der Waals surface area contributed by atoms with Gasteiger partial charge in [-0.15, -0.1) is 0 Å². The van der Waals surface area contributed by atoms with Crippen LogP contribution in [-0.4, -0.2) is 31.5 Å². The zero-order valence-corrected chi connectivity index (χ0v) is 15.8. The van der Waals surface area contributed by atoms with Crippen molar-refractivity contribution in [1.82, 2.24) is 4.98 Å². The third kappa shape index (κ3) is 4.72. The van der Waals surface area contributed by atoms with Gasteiger partial charge in [0.1, 0.15) is 9.96 Å². The van der Waals surface area contributed by atoms with Crippen molar-refractivity contribution in [3.05, 3.63) is 33.5 Å². The summed E-state index contributed by atoms with van der Waals surface area (Å²) in [4.78, 5) is 27.0. The van der Waals surface area contributed by atoms with E-state index >= 15 is 0 Å². The predicted octanol–water partition coefficient (Wildman–Crippen LogP) is 2.33. The number of thiazole rings is 1. The van der Waals surface area contributed by atoms with E-state index in [1.165, 1.54) is 25.3 Å². The van der Waals surface area contributed by atoms with Gasteiger partial charge in [0.15, 0.2) is 15.0 Å². The molecule has 1 aromatic carbocycles. The van der Waals surface area contributed by atoms with Gasteiger partial charge >= 0.3 is 5.97 Å². The summed E-state index contributed by atoms with van der Waals surface area (Å²) < 4.78 is 28.4. The second-order valence-electron chi connectivity index (χ2n) is 4.45. The van der Waals surface area contributed by atoms with Gasteiger partial charge in [-0.3, -0.25) is 14.9 Å². The first-order valence-corrected chi connectivity index (χ1v) is 9.90. The molecule has 1 amide bonds. The number of carbonyl (C=O) groups excluding carboxylic acids is 2. The topological polar surface area (TPSA) is 102 Å². The molecule has 0 aliphatic heterocycles. The summed E-state index contributed by atoms with van der Waals surface area (Å²) in [5.74, 6) is -0.522. The molecule has 1 aromatic heterocycles. The van der Waals surface area contributed by atoms with Gasteiger partial charge in [-0.2, -0.15) is 0 Å². The van der Waals surface area contributed by atoms with Crippen LogP contribution in [0.1, 0.15) is 17.3 Å². The number of anilines is 1. The lowest BCUT2D eigenvalue weighted by Gasteiger charge is -2.06. The number of nitrogens with zero attached hydrogens (tertiary/aromatic N) is 1. The highest BCUT2D eigenvalue weighted by Gasteiger charge is 2.15. The Kier molecular flexibility index (Phi) is 5.37. The lowest BCUT2D eigenvalue weighted by molar-refractivity contribution is -0.131. The van der Waals surface area contributed by atoms with Crippen molar-refractivity contribution in [1.29, 1.82) is 0 Å². The van der Waals surface area contributed by atoms with E-state index in [4.69, 9.17) is 4.74 Å². The van der Waals surface area contributed by atoms with Crippen LogP contribution in [0.3, 0.4) is 0 Å². The van der Waals surface area contributed by atoms with Crippen molar-refractivity contribution in [2.45, 2.75) is 11.1 Å². The van der Waals surface area contributed by atoms with Gasteiger partial charge in [0, 0.05) is 18.7 Å². The summed E-state index contributed by atoms with van der Waals surface area (Å²) in [6, 6.07) is 4.57. The van der Waals surface area contributed by atoms with Crippen LogP contribution in [0.4, 0.5) is 5.13 Å². The van der Waals surface area contributed by atoms with Crippen molar-refractivity contribution in [3.8, 4) is 5.75 Å². The molecule has 0 aliphatic carbocycles. The number of benzene rings is 1. The second kappa shape index (κ2) is 6.93. The molecule has 122 valence electrons. The molecular formula is C13H11IN2O5S2. The number of halogens is 1. The molecule has 0 fully saturated rings. The first kappa shape index (κ1) is 17.8. The minimum atomic E-state index is -3.35. The van der Waals surface area contributed by atoms with E-state index in [1.807, 2.05) is 22.6 Å². The highest BCUT2D eigenvalue weighted by Crippen LogP contribution is 2.25.